The third-order valence-corrected chi connectivity index (χ3v) is 3.31. The highest BCUT2D eigenvalue weighted by Gasteiger charge is 2.07. The normalized spacial score (nSPS) is 10.6. The van der Waals surface area contributed by atoms with Crippen LogP contribution in [0.15, 0.2) is 28.2 Å². The average Bonchev–Trinajstić information content (AvgIpc) is 3.05. The summed E-state index contributed by atoms with van der Waals surface area (Å²) in [5, 5.41) is 6.01. The quantitative estimate of drug-likeness (QED) is 0.623. The van der Waals surface area contributed by atoms with E-state index in [1.165, 1.54) is 0 Å². The molecule has 2 aromatic rings. The van der Waals surface area contributed by atoms with Gasteiger partial charge in [-0.05, 0) is 19.1 Å². The van der Waals surface area contributed by atoms with Crippen LogP contribution in [0.1, 0.15) is 19.0 Å². The van der Waals surface area contributed by atoms with Crippen LogP contribution < -0.4 is 5.32 Å². The van der Waals surface area contributed by atoms with Crippen molar-refractivity contribution in [2.75, 3.05) is 13.2 Å². The predicted octanol–water partition coefficient (Wildman–Crippen LogP) is 2.45. The van der Waals surface area contributed by atoms with E-state index in [0.29, 0.717) is 26.1 Å². The van der Waals surface area contributed by atoms with Crippen LogP contribution in [-0.2, 0) is 16.1 Å². The average molecular weight is 280 g/mol. The maximum atomic E-state index is 11.1. The van der Waals surface area contributed by atoms with Gasteiger partial charge in [0.1, 0.15) is 0 Å². The number of furan rings is 1. The molecule has 0 saturated heterocycles. The van der Waals surface area contributed by atoms with Gasteiger partial charge in [0.2, 0.25) is 0 Å². The van der Waals surface area contributed by atoms with E-state index < -0.39 is 0 Å². The van der Waals surface area contributed by atoms with Crippen molar-refractivity contribution >= 4 is 17.3 Å². The summed E-state index contributed by atoms with van der Waals surface area (Å²) in [4.78, 5) is 15.6. The highest BCUT2D eigenvalue weighted by Crippen LogP contribution is 2.23. The molecule has 1 N–H and O–H groups in total. The van der Waals surface area contributed by atoms with Crippen molar-refractivity contribution in [1.29, 1.82) is 0 Å². The number of rotatable bonds is 7. The molecule has 5 nitrogen and oxygen atoms in total. The molecule has 0 fully saturated rings. The van der Waals surface area contributed by atoms with Gasteiger partial charge in [-0.25, -0.2) is 4.98 Å². The lowest BCUT2D eigenvalue weighted by atomic mass is 10.4. The minimum Gasteiger partial charge on any atom is -0.466 e. The van der Waals surface area contributed by atoms with Gasteiger partial charge in [0.05, 0.1) is 25.0 Å². The van der Waals surface area contributed by atoms with Crippen molar-refractivity contribution in [3.8, 4) is 10.8 Å². The molecule has 0 aliphatic rings. The van der Waals surface area contributed by atoms with Crippen LogP contribution in [0.3, 0.4) is 0 Å². The van der Waals surface area contributed by atoms with Gasteiger partial charge in [-0.1, -0.05) is 0 Å². The van der Waals surface area contributed by atoms with Gasteiger partial charge < -0.3 is 14.5 Å². The van der Waals surface area contributed by atoms with Crippen LogP contribution in [0.5, 0.6) is 0 Å². The molecular weight excluding hydrogens is 264 g/mol. The Balaban J connectivity index is 1.74. The Morgan fingerprint density at radius 3 is 3.21 bits per heavy atom. The van der Waals surface area contributed by atoms with Crippen molar-refractivity contribution in [2.24, 2.45) is 0 Å². The summed E-state index contributed by atoms with van der Waals surface area (Å²) in [5.41, 5.74) is 0.945. The van der Waals surface area contributed by atoms with Crippen LogP contribution in [0.4, 0.5) is 0 Å². The largest absolute Gasteiger partial charge is 0.466 e. The van der Waals surface area contributed by atoms with E-state index >= 15 is 0 Å². The zero-order valence-corrected chi connectivity index (χ0v) is 11.5. The van der Waals surface area contributed by atoms with E-state index in [1.54, 1.807) is 24.5 Å². The van der Waals surface area contributed by atoms with Crippen molar-refractivity contribution in [1.82, 2.24) is 10.3 Å². The monoisotopic (exact) mass is 280 g/mol. The lowest BCUT2D eigenvalue weighted by Gasteiger charge is -2.02. The maximum Gasteiger partial charge on any atom is 0.307 e. The second-order valence-electron chi connectivity index (χ2n) is 3.85. The van der Waals surface area contributed by atoms with Crippen molar-refractivity contribution in [2.45, 2.75) is 19.9 Å². The van der Waals surface area contributed by atoms with Gasteiger partial charge in [-0.2, -0.15) is 0 Å². The molecule has 0 radical (unpaired) electrons. The Morgan fingerprint density at radius 2 is 2.47 bits per heavy atom. The number of thiazole rings is 1. The van der Waals surface area contributed by atoms with Crippen molar-refractivity contribution < 1.29 is 13.9 Å². The van der Waals surface area contributed by atoms with Crippen LogP contribution in [0.2, 0.25) is 0 Å². The standard InChI is InChI=1S/C13H16N2O3S/c1-2-17-12(16)5-6-14-8-10-9-19-13(15-10)11-4-3-7-18-11/h3-4,7,9,14H,2,5-6,8H2,1H3. The van der Waals surface area contributed by atoms with Gasteiger partial charge >= 0.3 is 5.97 Å². The number of hydrogen-bond acceptors (Lipinski definition) is 6. The molecule has 2 heterocycles. The van der Waals surface area contributed by atoms with Gasteiger partial charge in [0.15, 0.2) is 10.8 Å². The SMILES string of the molecule is CCOC(=O)CCNCc1csc(-c2ccco2)n1. The molecule has 19 heavy (non-hydrogen) atoms. The Hall–Kier alpha value is -1.66. The van der Waals surface area contributed by atoms with Gasteiger partial charge in [-0.15, -0.1) is 11.3 Å². The maximum absolute atomic E-state index is 11.1. The number of esters is 1. The summed E-state index contributed by atoms with van der Waals surface area (Å²) in [6.07, 6.45) is 2.01. The van der Waals surface area contributed by atoms with E-state index in [9.17, 15) is 4.79 Å². The van der Waals surface area contributed by atoms with E-state index in [-0.39, 0.29) is 5.97 Å². The van der Waals surface area contributed by atoms with Crippen LogP contribution in [0.25, 0.3) is 10.8 Å². The summed E-state index contributed by atoms with van der Waals surface area (Å²) in [6, 6.07) is 3.73. The molecule has 6 heteroatoms. The molecule has 0 saturated carbocycles. The second kappa shape index (κ2) is 7.06. The first-order valence-corrected chi connectivity index (χ1v) is 7.02. The minimum atomic E-state index is -0.176. The fourth-order valence-electron chi connectivity index (χ4n) is 1.54. The third kappa shape index (κ3) is 4.18. The van der Waals surface area contributed by atoms with Gasteiger partial charge in [-0.3, -0.25) is 4.79 Å². The van der Waals surface area contributed by atoms with Gasteiger partial charge in [0, 0.05) is 18.5 Å². The Morgan fingerprint density at radius 1 is 1.58 bits per heavy atom. The predicted molar refractivity (Wildman–Crippen MR) is 72.8 cm³/mol. The fraction of sp³-hybridized carbons (Fsp3) is 0.385. The topological polar surface area (TPSA) is 64.4 Å². The summed E-state index contributed by atoms with van der Waals surface area (Å²) >= 11 is 1.54. The highest BCUT2D eigenvalue weighted by atomic mass is 32.1. The Bertz CT molecular complexity index is 508. The lowest BCUT2D eigenvalue weighted by molar-refractivity contribution is -0.142. The first-order valence-electron chi connectivity index (χ1n) is 6.14. The molecule has 0 unspecified atom stereocenters. The molecule has 0 bridgehead atoms. The molecule has 2 aromatic heterocycles. The summed E-state index contributed by atoms with van der Waals surface area (Å²) < 4.78 is 10.1. The number of nitrogens with one attached hydrogen (secondary N) is 1. The molecular formula is C13H16N2O3S. The number of aromatic nitrogens is 1. The molecule has 0 aliphatic heterocycles. The number of ether oxygens (including phenoxy) is 1. The smallest absolute Gasteiger partial charge is 0.307 e. The molecule has 0 spiro atoms. The number of carbonyl (C=O) groups excluding carboxylic acids is 1. The summed E-state index contributed by atoms with van der Waals surface area (Å²) in [7, 11) is 0. The summed E-state index contributed by atoms with van der Waals surface area (Å²) in [5.74, 6) is 0.604. The number of hydrogen-bond donors (Lipinski definition) is 1. The van der Waals surface area contributed by atoms with Crippen LogP contribution >= 0.6 is 11.3 Å². The first kappa shape index (κ1) is 13.8. The Labute approximate surface area is 115 Å². The lowest BCUT2D eigenvalue weighted by Crippen LogP contribution is -2.19. The van der Waals surface area contributed by atoms with Crippen LogP contribution in [0, 0.1) is 0 Å². The molecule has 2 rings (SSSR count). The van der Waals surface area contributed by atoms with E-state index in [4.69, 9.17) is 9.15 Å². The number of carbonyl (C=O) groups is 1. The van der Waals surface area contributed by atoms with Crippen LogP contribution in [-0.4, -0.2) is 24.1 Å². The fourth-order valence-corrected chi connectivity index (χ4v) is 2.33. The van der Waals surface area contributed by atoms with E-state index in [0.717, 1.165) is 16.5 Å². The van der Waals surface area contributed by atoms with Crippen molar-refractivity contribution in [3.63, 3.8) is 0 Å². The third-order valence-electron chi connectivity index (χ3n) is 2.40. The molecule has 102 valence electrons. The first-order chi connectivity index (χ1) is 9.29. The second-order valence-corrected chi connectivity index (χ2v) is 4.71. The zero-order valence-electron chi connectivity index (χ0n) is 10.7. The highest BCUT2D eigenvalue weighted by molar-refractivity contribution is 7.13. The zero-order chi connectivity index (χ0) is 13.5. The Kier molecular flexibility index (Phi) is 5.11. The van der Waals surface area contributed by atoms with E-state index in [1.807, 2.05) is 17.5 Å². The molecule has 0 atom stereocenters. The molecule has 0 aromatic carbocycles. The number of nitrogens with zero attached hydrogens (tertiary/aromatic N) is 1. The van der Waals surface area contributed by atoms with Gasteiger partial charge in [0.25, 0.3) is 0 Å². The minimum absolute atomic E-state index is 0.176. The molecule has 0 aliphatic carbocycles. The van der Waals surface area contributed by atoms with E-state index in [2.05, 4.69) is 10.3 Å². The summed E-state index contributed by atoms with van der Waals surface area (Å²) in [6.45, 7) is 3.46. The van der Waals surface area contributed by atoms with Crippen molar-refractivity contribution in [3.05, 3.63) is 29.5 Å². The molecule has 0 amide bonds.